The summed E-state index contributed by atoms with van der Waals surface area (Å²) in [5.74, 6) is 0.625. The van der Waals surface area contributed by atoms with Crippen LogP contribution in [0.4, 0.5) is 0 Å². The van der Waals surface area contributed by atoms with Crippen LogP contribution in [0.15, 0.2) is 24.3 Å². The summed E-state index contributed by atoms with van der Waals surface area (Å²) in [5, 5.41) is 17.2. The Kier molecular flexibility index (Phi) is 6.64. The van der Waals surface area contributed by atoms with Crippen molar-refractivity contribution in [3.05, 3.63) is 29.8 Å². The molecule has 0 bridgehead atoms. The molecule has 1 amide bonds. The minimum Gasteiger partial charge on any atom is -0.497 e. The summed E-state index contributed by atoms with van der Waals surface area (Å²) in [6.45, 7) is 0.724. The van der Waals surface area contributed by atoms with Crippen molar-refractivity contribution in [2.45, 2.75) is 19.3 Å². The van der Waals surface area contributed by atoms with Crippen LogP contribution in [0.1, 0.15) is 18.4 Å². The predicted octanol–water partition coefficient (Wildman–Crippen LogP) is 1.89. The molecular weight excluding hydrogens is 254 g/mol. The van der Waals surface area contributed by atoms with Gasteiger partial charge in [0.1, 0.15) is 5.75 Å². The molecule has 0 aliphatic heterocycles. The molecule has 0 spiro atoms. The SMILES string of the molecule is COc1cccc(CC(=O)N(CCC#N)CCC#N)c1. The zero-order chi connectivity index (χ0) is 14.8. The first-order valence-corrected chi connectivity index (χ1v) is 6.36. The fraction of sp³-hybridized carbons (Fsp3) is 0.400. The third kappa shape index (κ3) is 4.99. The van der Waals surface area contributed by atoms with Gasteiger partial charge in [0.25, 0.3) is 0 Å². The second-order valence-electron chi connectivity index (χ2n) is 4.23. The van der Waals surface area contributed by atoms with E-state index in [1.54, 1.807) is 12.0 Å². The van der Waals surface area contributed by atoms with Gasteiger partial charge in [0.15, 0.2) is 0 Å². The quantitative estimate of drug-likeness (QED) is 0.758. The van der Waals surface area contributed by atoms with E-state index in [0.717, 1.165) is 5.56 Å². The van der Waals surface area contributed by atoms with Gasteiger partial charge in [0, 0.05) is 13.1 Å². The van der Waals surface area contributed by atoms with Crippen molar-refractivity contribution < 1.29 is 9.53 Å². The number of carbonyl (C=O) groups is 1. The average Bonchev–Trinajstić information content (AvgIpc) is 2.47. The van der Waals surface area contributed by atoms with Crippen LogP contribution in [0.5, 0.6) is 5.75 Å². The molecule has 20 heavy (non-hydrogen) atoms. The fourth-order valence-corrected chi connectivity index (χ4v) is 1.80. The first kappa shape index (κ1) is 15.5. The van der Waals surface area contributed by atoms with Gasteiger partial charge in [0.2, 0.25) is 5.91 Å². The normalized spacial score (nSPS) is 9.35. The molecule has 5 heteroatoms. The Labute approximate surface area is 119 Å². The van der Waals surface area contributed by atoms with E-state index in [-0.39, 0.29) is 25.2 Å². The Bertz CT molecular complexity index is 511. The van der Waals surface area contributed by atoms with E-state index in [9.17, 15) is 4.79 Å². The van der Waals surface area contributed by atoms with E-state index in [1.807, 2.05) is 36.4 Å². The van der Waals surface area contributed by atoms with E-state index >= 15 is 0 Å². The Morgan fingerprint density at radius 2 is 1.90 bits per heavy atom. The highest BCUT2D eigenvalue weighted by Crippen LogP contribution is 2.14. The predicted molar refractivity (Wildman–Crippen MR) is 73.7 cm³/mol. The van der Waals surface area contributed by atoms with Crippen molar-refractivity contribution in [3.8, 4) is 17.9 Å². The maximum absolute atomic E-state index is 12.2. The molecule has 0 atom stereocenters. The third-order valence-corrected chi connectivity index (χ3v) is 2.83. The van der Waals surface area contributed by atoms with Gasteiger partial charge >= 0.3 is 0 Å². The van der Waals surface area contributed by atoms with Crippen molar-refractivity contribution in [1.82, 2.24) is 4.90 Å². The lowest BCUT2D eigenvalue weighted by Crippen LogP contribution is -2.33. The number of nitriles is 2. The van der Waals surface area contributed by atoms with E-state index in [1.165, 1.54) is 0 Å². The smallest absolute Gasteiger partial charge is 0.227 e. The molecule has 0 saturated heterocycles. The maximum Gasteiger partial charge on any atom is 0.227 e. The van der Waals surface area contributed by atoms with Crippen LogP contribution in [0.3, 0.4) is 0 Å². The van der Waals surface area contributed by atoms with Gasteiger partial charge < -0.3 is 9.64 Å². The number of hydrogen-bond donors (Lipinski definition) is 0. The first-order valence-electron chi connectivity index (χ1n) is 6.36. The van der Waals surface area contributed by atoms with Crippen LogP contribution in [-0.2, 0) is 11.2 Å². The highest BCUT2D eigenvalue weighted by Gasteiger charge is 2.13. The van der Waals surface area contributed by atoms with Crippen molar-refractivity contribution >= 4 is 5.91 Å². The zero-order valence-corrected chi connectivity index (χ0v) is 11.5. The summed E-state index contributed by atoms with van der Waals surface area (Å²) in [6.07, 6.45) is 0.790. The molecule has 1 aromatic rings. The highest BCUT2D eigenvalue weighted by atomic mass is 16.5. The standard InChI is InChI=1S/C15H17N3O2/c1-20-14-6-2-5-13(11-14)12-15(19)18(9-3-7-16)10-4-8-17/h2,5-6,11H,3-4,9-10,12H2,1H3. The lowest BCUT2D eigenvalue weighted by molar-refractivity contribution is -0.130. The van der Waals surface area contributed by atoms with Crippen LogP contribution in [-0.4, -0.2) is 31.0 Å². The van der Waals surface area contributed by atoms with Gasteiger partial charge in [-0.2, -0.15) is 10.5 Å². The summed E-state index contributed by atoms with van der Waals surface area (Å²) in [7, 11) is 1.58. The zero-order valence-electron chi connectivity index (χ0n) is 11.5. The number of ether oxygens (including phenoxy) is 1. The van der Waals surface area contributed by atoms with Crippen molar-refractivity contribution in [2.24, 2.45) is 0 Å². The molecule has 0 saturated carbocycles. The molecule has 1 rings (SSSR count). The van der Waals surface area contributed by atoms with Gasteiger partial charge in [-0.15, -0.1) is 0 Å². The fourth-order valence-electron chi connectivity index (χ4n) is 1.80. The number of carbonyl (C=O) groups excluding carboxylic acids is 1. The molecule has 5 nitrogen and oxygen atoms in total. The van der Waals surface area contributed by atoms with Crippen molar-refractivity contribution in [1.29, 1.82) is 10.5 Å². The van der Waals surface area contributed by atoms with Gasteiger partial charge in [-0.05, 0) is 17.7 Å². The molecule has 0 aromatic heterocycles. The van der Waals surface area contributed by atoms with E-state index in [2.05, 4.69) is 0 Å². The number of amides is 1. The molecule has 0 aliphatic rings. The second-order valence-corrected chi connectivity index (χ2v) is 4.23. The van der Waals surface area contributed by atoms with Gasteiger partial charge in [-0.25, -0.2) is 0 Å². The van der Waals surface area contributed by atoms with E-state index < -0.39 is 0 Å². The first-order chi connectivity index (χ1) is 9.71. The summed E-state index contributed by atoms with van der Waals surface area (Å²) in [4.78, 5) is 13.8. The lowest BCUT2D eigenvalue weighted by Gasteiger charge is -2.20. The van der Waals surface area contributed by atoms with Crippen molar-refractivity contribution in [2.75, 3.05) is 20.2 Å². The second kappa shape index (κ2) is 8.55. The Hall–Kier alpha value is -2.53. The number of rotatable bonds is 7. The molecule has 104 valence electrons. The van der Waals surface area contributed by atoms with Crippen LogP contribution in [0.25, 0.3) is 0 Å². The Morgan fingerprint density at radius 1 is 1.25 bits per heavy atom. The molecule has 0 heterocycles. The minimum atomic E-state index is -0.0799. The molecule has 1 aromatic carbocycles. The average molecular weight is 271 g/mol. The molecule has 0 radical (unpaired) electrons. The molecule has 0 N–H and O–H groups in total. The van der Waals surface area contributed by atoms with Crippen LogP contribution >= 0.6 is 0 Å². The largest absolute Gasteiger partial charge is 0.497 e. The van der Waals surface area contributed by atoms with E-state index in [0.29, 0.717) is 18.8 Å². The number of nitrogens with zero attached hydrogens (tertiary/aromatic N) is 3. The summed E-state index contributed by atoms with van der Waals surface area (Å²) >= 11 is 0. The third-order valence-electron chi connectivity index (χ3n) is 2.83. The van der Waals surface area contributed by atoms with Crippen LogP contribution in [0, 0.1) is 22.7 Å². The van der Waals surface area contributed by atoms with Gasteiger partial charge in [-0.1, -0.05) is 12.1 Å². The number of hydrogen-bond acceptors (Lipinski definition) is 4. The molecule has 0 fully saturated rings. The maximum atomic E-state index is 12.2. The number of methoxy groups -OCH3 is 1. The van der Waals surface area contributed by atoms with Crippen LogP contribution < -0.4 is 4.74 Å². The Balaban J connectivity index is 2.68. The minimum absolute atomic E-state index is 0.0799. The highest BCUT2D eigenvalue weighted by molar-refractivity contribution is 5.78. The van der Waals surface area contributed by atoms with Gasteiger partial charge in [-0.3, -0.25) is 4.79 Å². The topological polar surface area (TPSA) is 77.1 Å². The monoisotopic (exact) mass is 271 g/mol. The van der Waals surface area contributed by atoms with Crippen LogP contribution in [0.2, 0.25) is 0 Å². The summed E-state index contributed by atoms with van der Waals surface area (Å²) in [6, 6.07) is 11.3. The lowest BCUT2D eigenvalue weighted by atomic mass is 10.1. The molecular formula is C15H17N3O2. The molecule has 0 aliphatic carbocycles. The Morgan fingerprint density at radius 3 is 2.45 bits per heavy atom. The molecule has 0 unspecified atom stereocenters. The van der Waals surface area contributed by atoms with Crippen molar-refractivity contribution in [3.63, 3.8) is 0 Å². The summed E-state index contributed by atoms with van der Waals surface area (Å²) in [5.41, 5.74) is 0.855. The van der Waals surface area contributed by atoms with E-state index in [4.69, 9.17) is 15.3 Å². The number of benzene rings is 1. The van der Waals surface area contributed by atoms with Gasteiger partial charge in [0.05, 0.1) is 38.5 Å². The summed E-state index contributed by atoms with van der Waals surface area (Å²) < 4.78 is 5.12.